The third-order valence-corrected chi connectivity index (χ3v) is 5.41. The quantitative estimate of drug-likeness (QED) is 0.209. The molecule has 164 valence electrons. The van der Waals surface area contributed by atoms with E-state index in [9.17, 15) is 0 Å². The molecule has 0 saturated heterocycles. The summed E-state index contributed by atoms with van der Waals surface area (Å²) in [5, 5.41) is 0. The Balaban J connectivity index is 1.66. The molecule has 0 amide bonds. The number of aromatic nitrogens is 2. The number of hydrogen-bond acceptors (Lipinski definition) is 3. The molecular formula is C27H40N2O. The van der Waals surface area contributed by atoms with Gasteiger partial charge in [-0.25, -0.2) is 9.97 Å². The van der Waals surface area contributed by atoms with Crippen LogP contribution in [0.1, 0.15) is 90.0 Å². The molecule has 1 aromatic heterocycles. The van der Waals surface area contributed by atoms with E-state index in [0.717, 1.165) is 36.6 Å². The van der Waals surface area contributed by atoms with Gasteiger partial charge in [-0.15, -0.1) is 0 Å². The number of ether oxygens (including phenoxy) is 1. The second-order valence-corrected chi connectivity index (χ2v) is 8.08. The van der Waals surface area contributed by atoms with Crippen LogP contribution < -0.4 is 4.74 Å². The largest absolute Gasteiger partial charge is 0.494 e. The molecular weight excluding hydrogens is 368 g/mol. The second-order valence-electron chi connectivity index (χ2n) is 8.08. The van der Waals surface area contributed by atoms with Crippen molar-refractivity contribution in [3.05, 3.63) is 54.4 Å². The lowest BCUT2D eigenvalue weighted by atomic mass is 10.1. The lowest BCUT2D eigenvalue weighted by molar-refractivity contribution is 0.305. The van der Waals surface area contributed by atoms with Gasteiger partial charge in [-0.2, -0.15) is 0 Å². The number of unbranched alkanes of at least 4 members (excludes halogenated alkanes) is 9. The topological polar surface area (TPSA) is 35.0 Å². The highest BCUT2D eigenvalue weighted by Crippen LogP contribution is 2.20. The molecule has 1 heterocycles. The van der Waals surface area contributed by atoms with E-state index in [1.54, 1.807) is 0 Å². The zero-order valence-electron chi connectivity index (χ0n) is 19.1. The number of rotatable bonds is 16. The van der Waals surface area contributed by atoms with Crippen LogP contribution in [-0.4, -0.2) is 16.6 Å². The first kappa shape index (κ1) is 24.1. The van der Waals surface area contributed by atoms with Crippen molar-refractivity contribution in [2.75, 3.05) is 6.61 Å². The highest BCUT2D eigenvalue weighted by Gasteiger charge is 2.03. The zero-order valence-corrected chi connectivity index (χ0v) is 19.1. The lowest BCUT2D eigenvalue weighted by Crippen LogP contribution is -1.97. The molecule has 0 saturated carbocycles. The predicted molar refractivity (Wildman–Crippen MR) is 128 cm³/mol. The molecule has 0 aliphatic heterocycles. The van der Waals surface area contributed by atoms with Crippen molar-refractivity contribution in [1.29, 1.82) is 0 Å². The van der Waals surface area contributed by atoms with E-state index in [-0.39, 0.29) is 0 Å². The van der Waals surface area contributed by atoms with E-state index in [0.29, 0.717) is 0 Å². The molecule has 3 nitrogen and oxygen atoms in total. The first-order valence-corrected chi connectivity index (χ1v) is 12.0. The fraction of sp³-hybridized carbons (Fsp3) is 0.556. The Hall–Kier alpha value is -2.16. The summed E-state index contributed by atoms with van der Waals surface area (Å²) in [6.45, 7) is 5.12. The molecule has 0 radical (unpaired) electrons. The molecule has 0 aliphatic carbocycles. The van der Waals surface area contributed by atoms with Crippen molar-refractivity contribution < 1.29 is 4.74 Å². The summed E-state index contributed by atoms with van der Waals surface area (Å²) in [6.07, 6.45) is 23.4. The van der Waals surface area contributed by atoms with Crippen LogP contribution in [0.5, 0.6) is 5.75 Å². The van der Waals surface area contributed by atoms with Crippen LogP contribution in [0.2, 0.25) is 0 Å². The van der Waals surface area contributed by atoms with Crippen LogP contribution in [0.4, 0.5) is 0 Å². The standard InChI is InChI=1S/C27H40N2O/c1-3-5-7-9-11-13-15-21-30-26-19-17-25(18-20-26)27-28-22-24(23-29-27)16-14-12-10-8-6-4-2/h3,5,17-20,22-23H,4,6-16,21H2,1-2H3/b5-3-. The van der Waals surface area contributed by atoms with Gasteiger partial charge in [-0.05, 0) is 68.9 Å². The molecule has 0 fully saturated rings. The van der Waals surface area contributed by atoms with Gasteiger partial charge in [0.1, 0.15) is 5.75 Å². The van der Waals surface area contributed by atoms with E-state index in [1.807, 2.05) is 24.5 Å². The predicted octanol–water partition coefficient (Wildman–Crippen LogP) is 7.95. The van der Waals surface area contributed by atoms with Crippen molar-refractivity contribution in [3.8, 4) is 17.1 Å². The third-order valence-electron chi connectivity index (χ3n) is 5.41. The van der Waals surface area contributed by atoms with E-state index in [1.165, 1.54) is 69.8 Å². The SMILES string of the molecule is C/C=C\CCCCCCOc1ccc(-c2ncc(CCCCCCCC)cn2)cc1. The lowest BCUT2D eigenvalue weighted by Gasteiger charge is -2.07. The summed E-state index contributed by atoms with van der Waals surface area (Å²) in [4.78, 5) is 9.13. The van der Waals surface area contributed by atoms with Crippen molar-refractivity contribution >= 4 is 0 Å². The van der Waals surface area contributed by atoms with Gasteiger partial charge in [0.05, 0.1) is 6.61 Å². The van der Waals surface area contributed by atoms with Crippen LogP contribution in [0.15, 0.2) is 48.8 Å². The number of hydrogen-bond donors (Lipinski definition) is 0. The first-order valence-electron chi connectivity index (χ1n) is 12.0. The minimum absolute atomic E-state index is 0.784. The molecule has 2 rings (SSSR count). The summed E-state index contributed by atoms with van der Waals surface area (Å²) in [6, 6.07) is 8.15. The molecule has 0 bridgehead atoms. The van der Waals surface area contributed by atoms with Gasteiger partial charge in [0, 0.05) is 18.0 Å². The Morgan fingerprint density at radius 3 is 2.20 bits per heavy atom. The molecule has 0 unspecified atom stereocenters. The molecule has 0 atom stereocenters. The minimum atomic E-state index is 0.784. The van der Waals surface area contributed by atoms with Crippen molar-refractivity contribution in [2.24, 2.45) is 0 Å². The molecule has 0 spiro atoms. The molecule has 3 heteroatoms. The van der Waals surface area contributed by atoms with Gasteiger partial charge in [-0.3, -0.25) is 0 Å². The van der Waals surface area contributed by atoms with Gasteiger partial charge in [0.2, 0.25) is 0 Å². The van der Waals surface area contributed by atoms with E-state index < -0.39 is 0 Å². The summed E-state index contributed by atoms with van der Waals surface area (Å²) >= 11 is 0. The van der Waals surface area contributed by atoms with Crippen LogP contribution in [-0.2, 0) is 6.42 Å². The van der Waals surface area contributed by atoms with Crippen LogP contribution in [0, 0.1) is 0 Å². The maximum absolute atomic E-state index is 5.87. The normalized spacial score (nSPS) is 11.3. The van der Waals surface area contributed by atoms with Crippen molar-refractivity contribution in [3.63, 3.8) is 0 Å². The van der Waals surface area contributed by atoms with Gasteiger partial charge >= 0.3 is 0 Å². The molecule has 0 aliphatic rings. The monoisotopic (exact) mass is 408 g/mol. The van der Waals surface area contributed by atoms with Gasteiger partial charge < -0.3 is 4.74 Å². The Morgan fingerprint density at radius 1 is 0.800 bits per heavy atom. The number of allylic oxidation sites excluding steroid dienone is 2. The summed E-state index contributed by atoms with van der Waals surface area (Å²) in [5.74, 6) is 1.71. The zero-order chi connectivity index (χ0) is 21.3. The summed E-state index contributed by atoms with van der Waals surface area (Å²) < 4.78 is 5.87. The average Bonchev–Trinajstić information content (AvgIpc) is 2.79. The number of nitrogens with zero attached hydrogens (tertiary/aromatic N) is 2. The van der Waals surface area contributed by atoms with Gasteiger partial charge in [0.15, 0.2) is 5.82 Å². The number of benzene rings is 1. The fourth-order valence-corrected chi connectivity index (χ4v) is 3.52. The van der Waals surface area contributed by atoms with E-state index in [4.69, 9.17) is 4.74 Å². The molecule has 30 heavy (non-hydrogen) atoms. The van der Waals surface area contributed by atoms with Crippen molar-refractivity contribution in [1.82, 2.24) is 9.97 Å². The Labute approximate surface area is 184 Å². The Kier molecular flexibility index (Phi) is 12.6. The Morgan fingerprint density at radius 2 is 1.47 bits per heavy atom. The maximum Gasteiger partial charge on any atom is 0.159 e. The fourth-order valence-electron chi connectivity index (χ4n) is 3.52. The second kappa shape index (κ2) is 15.6. The molecule has 2 aromatic rings. The molecule has 1 aromatic carbocycles. The minimum Gasteiger partial charge on any atom is -0.494 e. The molecule has 0 N–H and O–H groups in total. The number of aryl methyl sites for hydroxylation is 1. The van der Waals surface area contributed by atoms with E-state index >= 15 is 0 Å². The maximum atomic E-state index is 5.87. The van der Waals surface area contributed by atoms with Crippen LogP contribution in [0.25, 0.3) is 11.4 Å². The summed E-state index contributed by atoms with van der Waals surface area (Å²) in [7, 11) is 0. The van der Waals surface area contributed by atoms with Gasteiger partial charge in [0.25, 0.3) is 0 Å². The first-order chi connectivity index (χ1) is 14.8. The van der Waals surface area contributed by atoms with Crippen molar-refractivity contribution in [2.45, 2.75) is 90.9 Å². The average molecular weight is 409 g/mol. The summed E-state index contributed by atoms with van der Waals surface area (Å²) in [5.41, 5.74) is 2.28. The van der Waals surface area contributed by atoms with Gasteiger partial charge in [-0.1, -0.05) is 64.0 Å². The Bertz CT molecular complexity index is 692. The highest BCUT2D eigenvalue weighted by molar-refractivity contribution is 5.55. The van der Waals surface area contributed by atoms with Crippen LogP contribution in [0.3, 0.4) is 0 Å². The smallest absolute Gasteiger partial charge is 0.159 e. The third kappa shape index (κ3) is 10.0. The highest BCUT2D eigenvalue weighted by atomic mass is 16.5. The van der Waals surface area contributed by atoms with E-state index in [2.05, 4.69) is 48.1 Å². The van der Waals surface area contributed by atoms with Crippen LogP contribution >= 0.6 is 0 Å².